The Hall–Kier alpha value is -0.450. The van der Waals surface area contributed by atoms with Gasteiger partial charge >= 0.3 is 0 Å². The van der Waals surface area contributed by atoms with Gasteiger partial charge in [-0.15, -0.1) is 11.3 Å². The van der Waals surface area contributed by atoms with Gasteiger partial charge in [0.25, 0.3) is 0 Å². The molecule has 1 N–H and O–H groups in total. The van der Waals surface area contributed by atoms with E-state index in [0.717, 1.165) is 30.8 Å². The fourth-order valence-electron chi connectivity index (χ4n) is 2.07. The SMILES string of the molecule is CCCNC(Cc1csc(C)n1)C(C)(CC)OC. The molecule has 0 saturated heterocycles. The lowest BCUT2D eigenvalue weighted by molar-refractivity contribution is -0.0289. The lowest BCUT2D eigenvalue weighted by Gasteiger charge is -2.36. The van der Waals surface area contributed by atoms with Crippen molar-refractivity contribution in [2.24, 2.45) is 0 Å². The molecule has 1 aromatic heterocycles. The highest BCUT2D eigenvalue weighted by Crippen LogP contribution is 2.23. The molecule has 1 rings (SSSR count). The summed E-state index contributed by atoms with van der Waals surface area (Å²) in [4.78, 5) is 4.56. The number of methoxy groups -OCH3 is 1. The highest BCUT2D eigenvalue weighted by molar-refractivity contribution is 7.09. The predicted molar refractivity (Wildman–Crippen MR) is 78.3 cm³/mol. The van der Waals surface area contributed by atoms with E-state index in [1.54, 1.807) is 18.4 Å². The normalized spacial score (nSPS) is 16.5. The zero-order chi connectivity index (χ0) is 13.6. The highest BCUT2D eigenvalue weighted by Gasteiger charge is 2.32. The standard InChI is InChI=1S/C14H26N2OS/c1-6-8-15-13(14(4,7-2)17-5)9-12-10-18-11(3)16-12/h10,13,15H,6-9H2,1-5H3. The Bertz CT molecular complexity index is 347. The van der Waals surface area contributed by atoms with Crippen molar-refractivity contribution in [3.05, 3.63) is 16.1 Å². The summed E-state index contributed by atoms with van der Waals surface area (Å²) < 4.78 is 5.74. The third kappa shape index (κ3) is 4.04. The van der Waals surface area contributed by atoms with Gasteiger partial charge in [0.2, 0.25) is 0 Å². The van der Waals surface area contributed by atoms with E-state index in [1.807, 2.05) is 0 Å². The fourth-order valence-corrected chi connectivity index (χ4v) is 2.69. The second kappa shape index (κ2) is 7.22. The second-order valence-electron chi connectivity index (χ2n) is 4.94. The summed E-state index contributed by atoms with van der Waals surface area (Å²) in [6.45, 7) is 9.62. The van der Waals surface area contributed by atoms with E-state index in [4.69, 9.17) is 4.74 Å². The topological polar surface area (TPSA) is 34.2 Å². The molecule has 0 bridgehead atoms. The fraction of sp³-hybridized carbons (Fsp3) is 0.786. The number of ether oxygens (including phenoxy) is 1. The van der Waals surface area contributed by atoms with Gasteiger partial charge in [-0.05, 0) is 33.2 Å². The van der Waals surface area contributed by atoms with Crippen molar-refractivity contribution in [2.75, 3.05) is 13.7 Å². The molecular formula is C14H26N2OS. The molecule has 0 radical (unpaired) electrons. The maximum Gasteiger partial charge on any atom is 0.0897 e. The summed E-state index contributed by atoms with van der Waals surface area (Å²) in [5.74, 6) is 0. The molecular weight excluding hydrogens is 244 g/mol. The summed E-state index contributed by atoms with van der Waals surface area (Å²) in [5, 5.41) is 6.90. The van der Waals surface area contributed by atoms with Crippen LogP contribution in [-0.4, -0.2) is 30.3 Å². The van der Waals surface area contributed by atoms with Gasteiger partial charge < -0.3 is 10.1 Å². The van der Waals surface area contributed by atoms with E-state index < -0.39 is 0 Å². The van der Waals surface area contributed by atoms with Crippen LogP contribution < -0.4 is 5.32 Å². The lowest BCUT2D eigenvalue weighted by atomic mass is 9.89. The first kappa shape index (κ1) is 15.6. The van der Waals surface area contributed by atoms with Crippen LogP contribution in [0.25, 0.3) is 0 Å². The Labute approximate surface area is 115 Å². The van der Waals surface area contributed by atoms with Gasteiger partial charge in [-0.25, -0.2) is 4.98 Å². The number of nitrogens with zero attached hydrogens (tertiary/aromatic N) is 1. The van der Waals surface area contributed by atoms with Crippen LogP contribution in [-0.2, 0) is 11.2 Å². The van der Waals surface area contributed by atoms with Crippen LogP contribution in [0.2, 0.25) is 0 Å². The van der Waals surface area contributed by atoms with Crippen molar-refractivity contribution >= 4 is 11.3 Å². The van der Waals surface area contributed by atoms with E-state index in [1.165, 1.54) is 5.69 Å². The minimum Gasteiger partial charge on any atom is -0.377 e. The van der Waals surface area contributed by atoms with E-state index >= 15 is 0 Å². The number of nitrogens with one attached hydrogen (secondary N) is 1. The number of hydrogen-bond acceptors (Lipinski definition) is 4. The van der Waals surface area contributed by atoms with Crippen molar-refractivity contribution in [3.8, 4) is 0 Å². The van der Waals surface area contributed by atoms with Gasteiger partial charge in [0.1, 0.15) is 0 Å². The molecule has 1 heterocycles. The van der Waals surface area contributed by atoms with Crippen LogP contribution in [0.1, 0.15) is 44.3 Å². The monoisotopic (exact) mass is 270 g/mol. The van der Waals surface area contributed by atoms with Gasteiger partial charge in [-0.1, -0.05) is 13.8 Å². The van der Waals surface area contributed by atoms with Crippen LogP contribution in [0.5, 0.6) is 0 Å². The van der Waals surface area contributed by atoms with E-state index in [-0.39, 0.29) is 5.60 Å². The van der Waals surface area contributed by atoms with Gasteiger partial charge in [0, 0.05) is 25.0 Å². The molecule has 0 spiro atoms. The smallest absolute Gasteiger partial charge is 0.0897 e. The van der Waals surface area contributed by atoms with Crippen molar-refractivity contribution in [1.29, 1.82) is 0 Å². The van der Waals surface area contributed by atoms with Crippen LogP contribution in [0, 0.1) is 6.92 Å². The molecule has 0 saturated carbocycles. The zero-order valence-corrected chi connectivity index (χ0v) is 13.1. The van der Waals surface area contributed by atoms with Crippen LogP contribution >= 0.6 is 11.3 Å². The Morgan fingerprint density at radius 2 is 2.22 bits per heavy atom. The van der Waals surface area contributed by atoms with Crippen LogP contribution in [0.15, 0.2) is 5.38 Å². The number of thiazole rings is 1. The van der Waals surface area contributed by atoms with Crippen molar-refractivity contribution in [3.63, 3.8) is 0 Å². The summed E-state index contributed by atoms with van der Waals surface area (Å²) in [7, 11) is 1.80. The Kier molecular flexibility index (Phi) is 6.26. The molecule has 1 aromatic rings. The van der Waals surface area contributed by atoms with Gasteiger partial charge in [-0.2, -0.15) is 0 Å². The van der Waals surface area contributed by atoms with E-state index in [0.29, 0.717) is 6.04 Å². The average molecular weight is 270 g/mol. The molecule has 2 atom stereocenters. The number of rotatable bonds is 8. The molecule has 18 heavy (non-hydrogen) atoms. The molecule has 4 heteroatoms. The Morgan fingerprint density at radius 1 is 1.50 bits per heavy atom. The maximum absolute atomic E-state index is 5.74. The van der Waals surface area contributed by atoms with Gasteiger partial charge in [-0.3, -0.25) is 0 Å². The highest BCUT2D eigenvalue weighted by atomic mass is 32.1. The van der Waals surface area contributed by atoms with Crippen LogP contribution in [0.3, 0.4) is 0 Å². The quantitative estimate of drug-likeness (QED) is 0.788. The number of hydrogen-bond donors (Lipinski definition) is 1. The van der Waals surface area contributed by atoms with E-state index in [9.17, 15) is 0 Å². The van der Waals surface area contributed by atoms with Gasteiger partial charge in [0.05, 0.1) is 16.3 Å². The van der Waals surface area contributed by atoms with Crippen molar-refractivity contribution in [1.82, 2.24) is 10.3 Å². The molecule has 2 unspecified atom stereocenters. The molecule has 0 amide bonds. The summed E-state index contributed by atoms with van der Waals surface area (Å²) in [5.41, 5.74) is 1.04. The molecule has 104 valence electrons. The molecule has 0 aromatic carbocycles. The minimum atomic E-state index is -0.132. The summed E-state index contributed by atoms with van der Waals surface area (Å²) in [6, 6.07) is 0.314. The van der Waals surface area contributed by atoms with Gasteiger partial charge in [0.15, 0.2) is 0 Å². The maximum atomic E-state index is 5.74. The summed E-state index contributed by atoms with van der Waals surface area (Å²) in [6.07, 6.45) is 3.06. The first-order valence-corrected chi connectivity index (χ1v) is 7.63. The van der Waals surface area contributed by atoms with Crippen molar-refractivity contribution < 1.29 is 4.74 Å². The molecule has 0 aliphatic rings. The third-order valence-electron chi connectivity index (χ3n) is 3.63. The first-order chi connectivity index (χ1) is 8.55. The number of aryl methyl sites for hydroxylation is 1. The van der Waals surface area contributed by atoms with E-state index in [2.05, 4.69) is 43.4 Å². The molecule has 0 aliphatic heterocycles. The molecule has 0 aliphatic carbocycles. The lowest BCUT2D eigenvalue weighted by Crippen LogP contribution is -2.51. The van der Waals surface area contributed by atoms with Crippen LogP contribution in [0.4, 0.5) is 0 Å². The largest absolute Gasteiger partial charge is 0.377 e. The van der Waals surface area contributed by atoms with Crippen molar-refractivity contribution in [2.45, 2.75) is 58.6 Å². The Morgan fingerprint density at radius 3 is 2.67 bits per heavy atom. The first-order valence-electron chi connectivity index (χ1n) is 6.75. The Balaban J connectivity index is 2.77. The average Bonchev–Trinajstić information content (AvgIpc) is 2.79. The second-order valence-corrected chi connectivity index (χ2v) is 6.00. The number of aromatic nitrogens is 1. The predicted octanol–water partition coefficient (Wildman–Crippen LogP) is 3.18. The third-order valence-corrected chi connectivity index (χ3v) is 4.45. The minimum absolute atomic E-state index is 0.132. The summed E-state index contributed by atoms with van der Waals surface area (Å²) >= 11 is 1.72. The molecule has 0 fully saturated rings. The molecule has 3 nitrogen and oxygen atoms in total. The zero-order valence-electron chi connectivity index (χ0n) is 12.2.